The normalized spacial score (nSPS) is 11.9. The number of aromatic nitrogens is 5. The molecule has 16 aromatic rings. The number of hydrogen-bond acceptors (Lipinski definition) is 2. The second kappa shape index (κ2) is 17.1. The molecule has 0 radical (unpaired) electrons. The first kappa shape index (κ1) is 43.1. The van der Waals surface area contributed by atoms with Gasteiger partial charge in [0.15, 0.2) is 5.82 Å². The third-order valence-corrected chi connectivity index (χ3v) is 15.8. The smallest absolute Gasteiger partial charge is 0.160 e. The maximum absolute atomic E-state index is 5.30. The topological polar surface area (TPSA) is 40.6 Å². The highest BCUT2D eigenvalue weighted by Gasteiger charge is 2.19. The van der Waals surface area contributed by atoms with Gasteiger partial charge in [-0.2, -0.15) is 0 Å². The summed E-state index contributed by atoms with van der Waals surface area (Å²) in [6.07, 6.45) is 0. The van der Waals surface area contributed by atoms with Gasteiger partial charge in [0.1, 0.15) is 0 Å². The van der Waals surface area contributed by atoms with Crippen LogP contribution in [0.2, 0.25) is 0 Å². The van der Waals surface area contributed by atoms with Gasteiger partial charge in [0.2, 0.25) is 0 Å². The van der Waals surface area contributed by atoms with E-state index in [1.165, 1.54) is 81.6 Å². The molecule has 5 heteroatoms. The van der Waals surface area contributed by atoms with Crippen molar-refractivity contribution in [3.8, 4) is 62.1 Å². The summed E-state index contributed by atoms with van der Waals surface area (Å²) in [5.74, 6) is 0.687. The van der Waals surface area contributed by atoms with Gasteiger partial charge in [0.25, 0.3) is 0 Å². The van der Waals surface area contributed by atoms with Crippen molar-refractivity contribution in [2.45, 2.75) is 0 Å². The highest BCUT2D eigenvalue weighted by atomic mass is 15.0. The van der Waals surface area contributed by atoms with Gasteiger partial charge in [-0.1, -0.05) is 188 Å². The molecule has 4 heterocycles. The van der Waals surface area contributed by atoms with E-state index in [0.717, 1.165) is 61.7 Å². The van der Waals surface area contributed by atoms with Crippen LogP contribution < -0.4 is 0 Å². The van der Waals surface area contributed by atoms with Gasteiger partial charge < -0.3 is 13.7 Å². The first-order valence-corrected chi connectivity index (χ1v) is 26.3. The maximum Gasteiger partial charge on any atom is 0.160 e. The summed E-state index contributed by atoms with van der Waals surface area (Å²) in [4.78, 5) is 10.5. The molecule has 0 N–H and O–H groups in total. The molecule has 4 aromatic heterocycles. The second-order valence-corrected chi connectivity index (χ2v) is 20.2. The van der Waals surface area contributed by atoms with Gasteiger partial charge in [-0.05, 0) is 118 Å². The average molecular weight is 980 g/mol. The maximum atomic E-state index is 5.30. The lowest BCUT2D eigenvalue weighted by molar-refractivity contribution is 1.13. The predicted molar refractivity (Wildman–Crippen MR) is 322 cm³/mol. The van der Waals surface area contributed by atoms with Gasteiger partial charge >= 0.3 is 0 Å². The van der Waals surface area contributed by atoms with Crippen molar-refractivity contribution in [2.75, 3.05) is 0 Å². The van der Waals surface area contributed by atoms with E-state index in [1.807, 2.05) is 6.07 Å². The van der Waals surface area contributed by atoms with E-state index in [4.69, 9.17) is 9.97 Å². The standard InChI is InChI=1S/C72H45N5/c1-2-16-46(17-3-1)64-45-65(47-32-36-53(37-33-47)75-66-24-10-4-18-58(66)59-19-5-11-25-67(59)75)74-72(73-64)51-35-39-57-50(41-51)31-30-49-40-48(34-38-56(49)57)52-42-54(76-68-26-12-6-20-60(68)61-21-7-13-27-69(61)76)44-55(43-52)77-70-28-14-8-22-62(70)63-23-9-15-29-71(63)77/h1-45H. The van der Waals surface area contributed by atoms with Crippen molar-refractivity contribution in [2.24, 2.45) is 0 Å². The number of rotatable bonds is 7. The molecule has 0 aliphatic carbocycles. The largest absolute Gasteiger partial charge is 0.309 e. The third kappa shape index (κ3) is 6.88. The zero-order valence-corrected chi connectivity index (χ0v) is 41.7. The average Bonchev–Trinajstić information content (AvgIpc) is 4.17. The Morgan fingerprint density at radius 3 is 1.00 bits per heavy atom. The Hall–Kier alpha value is -10.4. The SMILES string of the molecule is c1ccc(-c2cc(-c3ccc(-n4c5ccccc5c5ccccc54)cc3)nc(-c3ccc4c(ccc5cc(-c6cc(-n7c8ccccc8c8ccccc87)cc(-n7c8ccccc8c8ccccc87)c6)ccc54)c3)n2)cc1. The molecule has 0 spiro atoms. The summed E-state index contributed by atoms with van der Waals surface area (Å²) in [5.41, 5.74) is 17.5. The molecule has 0 saturated carbocycles. The molecule has 5 nitrogen and oxygen atoms in total. The molecule has 0 fully saturated rings. The van der Waals surface area contributed by atoms with E-state index in [-0.39, 0.29) is 0 Å². The lowest BCUT2D eigenvalue weighted by Crippen LogP contribution is -2.00. The Morgan fingerprint density at radius 1 is 0.208 bits per heavy atom. The van der Waals surface area contributed by atoms with Crippen LogP contribution in [-0.4, -0.2) is 23.7 Å². The summed E-state index contributed by atoms with van der Waals surface area (Å²) in [7, 11) is 0. The van der Waals surface area contributed by atoms with Gasteiger partial charge in [0, 0.05) is 66.1 Å². The predicted octanol–water partition coefficient (Wildman–Crippen LogP) is 18.7. The van der Waals surface area contributed by atoms with Crippen molar-refractivity contribution in [1.29, 1.82) is 0 Å². The fraction of sp³-hybridized carbons (Fsp3) is 0. The molecule has 0 aliphatic rings. The number of benzene rings is 12. The molecule has 12 aromatic carbocycles. The summed E-state index contributed by atoms with van der Waals surface area (Å²) in [5, 5.41) is 12.1. The van der Waals surface area contributed by atoms with E-state index in [0.29, 0.717) is 5.82 Å². The summed E-state index contributed by atoms with van der Waals surface area (Å²) in [6, 6.07) is 98.9. The van der Waals surface area contributed by atoms with Gasteiger partial charge in [-0.25, -0.2) is 9.97 Å². The van der Waals surface area contributed by atoms with Crippen LogP contribution in [0.5, 0.6) is 0 Å². The molecule has 0 atom stereocenters. The van der Waals surface area contributed by atoms with Crippen LogP contribution in [0, 0.1) is 0 Å². The van der Waals surface area contributed by atoms with Crippen LogP contribution in [0.3, 0.4) is 0 Å². The van der Waals surface area contributed by atoms with Gasteiger partial charge in [-0.3, -0.25) is 0 Å². The highest BCUT2D eigenvalue weighted by Crippen LogP contribution is 2.40. The Balaban J connectivity index is 0.809. The van der Waals surface area contributed by atoms with E-state index in [2.05, 4.69) is 281 Å². The molecule has 16 rings (SSSR count). The highest BCUT2D eigenvalue weighted by molar-refractivity contribution is 6.13. The van der Waals surface area contributed by atoms with Crippen molar-refractivity contribution < 1.29 is 0 Å². The Morgan fingerprint density at radius 2 is 0.558 bits per heavy atom. The van der Waals surface area contributed by atoms with E-state index in [1.54, 1.807) is 0 Å². The minimum Gasteiger partial charge on any atom is -0.309 e. The quantitative estimate of drug-likeness (QED) is 0.149. The second-order valence-electron chi connectivity index (χ2n) is 20.2. The number of fused-ring (bicyclic) bond motifs is 12. The fourth-order valence-electron chi connectivity index (χ4n) is 12.3. The van der Waals surface area contributed by atoms with Crippen LogP contribution in [-0.2, 0) is 0 Å². The van der Waals surface area contributed by atoms with Crippen LogP contribution in [0.15, 0.2) is 273 Å². The molecule has 77 heavy (non-hydrogen) atoms. The first-order valence-electron chi connectivity index (χ1n) is 26.3. The van der Waals surface area contributed by atoms with Crippen molar-refractivity contribution in [3.63, 3.8) is 0 Å². The Bertz CT molecular complexity index is 4750. The number of para-hydroxylation sites is 6. The number of nitrogens with zero attached hydrogens (tertiary/aromatic N) is 5. The van der Waals surface area contributed by atoms with E-state index in [9.17, 15) is 0 Å². The van der Waals surface area contributed by atoms with Crippen molar-refractivity contribution >= 4 is 87.0 Å². The monoisotopic (exact) mass is 979 g/mol. The molecular weight excluding hydrogens is 935 g/mol. The van der Waals surface area contributed by atoms with Crippen LogP contribution in [0.25, 0.3) is 149 Å². The first-order chi connectivity index (χ1) is 38.2. The molecular formula is C72H45N5. The summed E-state index contributed by atoms with van der Waals surface area (Å²) in [6.45, 7) is 0. The van der Waals surface area contributed by atoms with Crippen LogP contribution in [0.1, 0.15) is 0 Å². The third-order valence-electron chi connectivity index (χ3n) is 15.8. The minimum absolute atomic E-state index is 0.687. The van der Waals surface area contributed by atoms with Crippen LogP contribution >= 0.6 is 0 Å². The van der Waals surface area contributed by atoms with Gasteiger partial charge in [-0.15, -0.1) is 0 Å². The summed E-state index contributed by atoms with van der Waals surface area (Å²) < 4.78 is 7.22. The fourth-order valence-corrected chi connectivity index (χ4v) is 12.3. The molecule has 358 valence electrons. The van der Waals surface area contributed by atoms with Crippen molar-refractivity contribution in [1.82, 2.24) is 23.7 Å². The van der Waals surface area contributed by atoms with Gasteiger partial charge in [0.05, 0.1) is 44.5 Å². The van der Waals surface area contributed by atoms with Crippen molar-refractivity contribution in [3.05, 3.63) is 273 Å². The van der Waals surface area contributed by atoms with E-state index >= 15 is 0 Å². The minimum atomic E-state index is 0.687. The number of hydrogen-bond donors (Lipinski definition) is 0. The Kier molecular flexibility index (Phi) is 9.57. The molecule has 0 bridgehead atoms. The lowest BCUT2D eigenvalue weighted by atomic mass is 9.96. The van der Waals surface area contributed by atoms with E-state index < -0.39 is 0 Å². The molecule has 0 aliphatic heterocycles. The zero-order valence-electron chi connectivity index (χ0n) is 41.7. The zero-order chi connectivity index (χ0) is 50.6. The van der Waals surface area contributed by atoms with Crippen LogP contribution in [0.4, 0.5) is 0 Å². The lowest BCUT2D eigenvalue weighted by Gasteiger charge is -2.16. The molecule has 0 unspecified atom stereocenters. The molecule has 0 saturated heterocycles. The Labute approximate surface area is 443 Å². The summed E-state index contributed by atoms with van der Waals surface area (Å²) >= 11 is 0. The molecule has 0 amide bonds.